The Morgan fingerprint density at radius 2 is 1.93 bits per heavy atom. The van der Waals surface area contributed by atoms with Gasteiger partial charge in [0, 0.05) is 35.8 Å². The highest BCUT2D eigenvalue weighted by atomic mass is 79.9. The van der Waals surface area contributed by atoms with Crippen LogP contribution in [0.5, 0.6) is 0 Å². The van der Waals surface area contributed by atoms with Gasteiger partial charge in [0.25, 0.3) is 0 Å². The molecule has 0 aliphatic carbocycles. The van der Waals surface area contributed by atoms with E-state index in [1.54, 1.807) is 0 Å². The number of benzene rings is 1. The Kier molecular flexibility index (Phi) is 9.24. The lowest BCUT2D eigenvalue weighted by Crippen LogP contribution is -2.48. The highest BCUT2D eigenvalue weighted by Crippen LogP contribution is 2.20. The lowest BCUT2D eigenvalue weighted by Gasteiger charge is -2.34. The van der Waals surface area contributed by atoms with E-state index in [9.17, 15) is 9.59 Å². The number of hydrogen-bond donors (Lipinski definition) is 2. The average molecular weight is 440 g/mol. The molecule has 0 saturated carbocycles. The normalized spacial score (nSPS) is 16.7. The van der Waals surface area contributed by atoms with Crippen molar-refractivity contribution in [2.24, 2.45) is 5.92 Å². The molecule has 2 N–H and O–H groups in total. The second-order valence-electron chi connectivity index (χ2n) is 6.82. The van der Waals surface area contributed by atoms with Crippen molar-refractivity contribution in [3.05, 3.63) is 28.7 Å². The summed E-state index contributed by atoms with van der Waals surface area (Å²) < 4.78 is 6.25. The van der Waals surface area contributed by atoms with Crippen molar-refractivity contribution in [3.8, 4) is 0 Å². The van der Waals surface area contributed by atoms with Gasteiger partial charge < -0.3 is 15.4 Å². The fourth-order valence-corrected chi connectivity index (χ4v) is 3.43. The van der Waals surface area contributed by atoms with Crippen LogP contribution in [0.4, 0.5) is 5.69 Å². The SMILES string of the molecule is CCOCCCNC(=O)C1CCN(C(C)C(=O)Nc2ccc(Br)cc2)CC1. The fraction of sp³-hybridized carbons (Fsp3) is 0.600. The number of piperidine rings is 1. The average Bonchev–Trinajstić information content (AvgIpc) is 2.69. The first-order valence-electron chi connectivity index (χ1n) is 9.67. The predicted molar refractivity (Wildman–Crippen MR) is 111 cm³/mol. The molecule has 0 radical (unpaired) electrons. The van der Waals surface area contributed by atoms with E-state index in [0.717, 1.165) is 42.5 Å². The molecule has 2 rings (SSSR count). The van der Waals surface area contributed by atoms with E-state index in [-0.39, 0.29) is 23.8 Å². The Balaban J connectivity index is 1.71. The number of nitrogens with zero attached hydrogens (tertiary/aromatic N) is 1. The summed E-state index contributed by atoms with van der Waals surface area (Å²) >= 11 is 3.39. The fourth-order valence-electron chi connectivity index (χ4n) is 3.17. The molecule has 150 valence electrons. The Bertz CT molecular complexity index is 601. The van der Waals surface area contributed by atoms with Gasteiger partial charge in [0.15, 0.2) is 0 Å². The lowest BCUT2D eigenvalue weighted by atomic mass is 9.95. The van der Waals surface area contributed by atoms with Crippen LogP contribution in [0.1, 0.15) is 33.1 Å². The number of anilines is 1. The zero-order valence-electron chi connectivity index (χ0n) is 16.2. The molecule has 1 aliphatic heterocycles. The first kappa shape index (κ1) is 21.9. The van der Waals surface area contributed by atoms with E-state index in [2.05, 4.69) is 31.5 Å². The summed E-state index contributed by atoms with van der Waals surface area (Å²) in [5, 5.41) is 5.95. The van der Waals surface area contributed by atoms with Crippen molar-refractivity contribution in [2.45, 2.75) is 39.2 Å². The Morgan fingerprint density at radius 3 is 2.56 bits per heavy atom. The lowest BCUT2D eigenvalue weighted by molar-refractivity contribution is -0.127. The quantitative estimate of drug-likeness (QED) is 0.580. The third-order valence-corrected chi connectivity index (χ3v) is 5.44. The van der Waals surface area contributed by atoms with Crippen LogP contribution in [0.15, 0.2) is 28.7 Å². The van der Waals surface area contributed by atoms with E-state index in [1.165, 1.54) is 0 Å². The van der Waals surface area contributed by atoms with E-state index >= 15 is 0 Å². The number of likely N-dealkylation sites (tertiary alicyclic amines) is 1. The largest absolute Gasteiger partial charge is 0.382 e. The van der Waals surface area contributed by atoms with Gasteiger partial charge in [-0.2, -0.15) is 0 Å². The number of halogens is 1. The van der Waals surface area contributed by atoms with E-state index in [1.807, 2.05) is 38.1 Å². The molecular weight excluding hydrogens is 410 g/mol. The number of carbonyl (C=O) groups excluding carboxylic acids is 2. The van der Waals surface area contributed by atoms with Gasteiger partial charge in [0.05, 0.1) is 6.04 Å². The number of amides is 2. The maximum Gasteiger partial charge on any atom is 0.241 e. The van der Waals surface area contributed by atoms with E-state index < -0.39 is 0 Å². The van der Waals surface area contributed by atoms with Crippen LogP contribution < -0.4 is 10.6 Å². The second kappa shape index (κ2) is 11.4. The molecule has 1 atom stereocenters. The molecular formula is C20H30BrN3O3. The van der Waals surface area contributed by atoms with Crippen molar-refractivity contribution in [1.82, 2.24) is 10.2 Å². The molecule has 0 bridgehead atoms. The summed E-state index contributed by atoms with van der Waals surface area (Å²) in [7, 11) is 0. The molecule has 1 saturated heterocycles. The monoisotopic (exact) mass is 439 g/mol. The molecule has 2 amide bonds. The molecule has 27 heavy (non-hydrogen) atoms. The third-order valence-electron chi connectivity index (χ3n) is 4.91. The Labute approximate surface area is 170 Å². The van der Waals surface area contributed by atoms with Crippen LogP contribution in [0.25, 0.3) is 0 Å². The Morgan fingerprint density at radius 1 is 1.26 bits per heavy atom. The minimum absolute atomic E-state index is 0.0175. The molecule has 1 heterocycles. The number of rotatable bonds is 9. The minimum Gasteiger partial charge on any atom is -0.382 e. The summed E-state index contributed by atoms with van der Waals surface area (Å²) in [4.78, 5) is 26.9. The maximum atomic E-state index is 12.5. The number of nitrogens with one attached hydrogen (secondary N) is 2. The maximum absolute atomic E-state index is 12.5. The van der Waals surface area contributed by atoms with Gasteiger partial charge in [-0.25, -0.2) is 0 Å². The highest BCUT2D eigenvalue weighted by Gasteiger charge is 2.29. The molecule has 1 fully saturated rings. The van der Waals surface area contributed by atoms with Crippen molar-refractivity contribution >= 4 is 33.4 Å². The van der Waals surface area contributed by atoms with Crippen LogP contribution in [0.3, 0.4) is 0 Å². The molecule has 0 spiro atoms. The van der Waals surface area contributed by atoms with Gasteiger partial charge in [-0.05, 0) is 70.5 Å². The summed E-state index contributed by atoms with van der Waals surface area (Å²) in [6.45, 7) is 7.44. The first-order valence-corrected chi connectivity index (χ1v) is 10.5. The summed E-state index contributed by atoms with van der Waals surface area (Å²) in [5.41, 5.74) is 0.788. The van der Waals surface area contributed by atoms with Gasteiger partial charge in [-0.15, -0.1) is 0 Å². The zero-order valence-corrected chi connectivity index (χ0v) is 17.8. The van der Waals surface area contributed by atoms with Crippen LogP contribution in [0, 0.1) is 5.92 Å². The van der Waals surface area contributed by atoms with Crippen LogP contribution in [-0.4, -0.2) is 55.6 Å². The van der Waals surface area contributed by atoms with E-state index in [0.29, 0.717) is 19.8 Å². The number of hydrogen-bond acceptors (Lipinski definition) is 4. The minimum atomic E-state index is -0.219. The third kappa shape index (κ3) is 7.24. The number of ether oxygens (including phenoxy) is 1. The van der Waals surface area contributed by atoms with Gasteiger partial charge in [-0.1, -0.05) is 15.9 Å². The zero-order chi connectivity index (χ0) is 19.6. The Hall–Kier alpha value is -1.44. The van der Waals surface area contributed by atoms with Crippen molar-refractivity contribution in [3.63, 3.8) is 0 Å². The molecule has 0 aromatic heterocycles. The topological polar surface area (TPSA) is 70.7 Å². The molecule has 1 unspecified atom stereocenters. The number of carbonyl (C=O) groups is 2. The van der Waals surface area contributed by atoms with Crippen molar-refractivity contribution in [2.75, 3.05) is 38.2 Å². The van der Waals surface area contributed by atoms with Gasteiger partial charge in [0.2, 0.25) is 11.8 Å². The summed E-state index contributed by atoms with van der Waals surface area (Å²) in [5.74, 6) is 0.143. The van der Waals surface area contributed by atoms with E-state index in [4.69, 9.17) is 4.74 Å². The standard InChI is InChI=1S/C20H30BrN3O3/c1-3-27-14-4-11-22-20(26)16-9-12-24(13-10-16)15(2)19(25)23-18-7-5-17(21)6-8-18/h5-8,15-16H,3-4,9-14H2,1-2H3,(H,22,26)(H,23,25). The first-order chi connectivity index (χ1) is 13.0. The smallest absolute Gasteiger partial charge is 0.241 e. The highest BCUT2D eigenvalue weighted by molar-refractivity contribution is 9.10. The summed E-state index contributed by atoms with van der Waals surface area (Å²) in [6.07, 6.45) is 2.41. The van der Waals surface area contributed by atoms with Crippen molar-refractivity contribution < 1.29 is 14.3 Å². The molecule has 1 aromatic rings. The van der Waals surface area contributed by atoms with Crippen LogP contribution >= 0.6 is 15.9 Å². The van der Waals surface area contributed by atoms with Crippen LogP contribution in [-0.2, 0) is 14.3 Å². The molecule has 1 aromatic carbocycles. The van der Waals surface area contributed by atoms with Gasteiger partial charge in [-0.3, -0.25) is 14.5 Å². The van der Waals surface area contributed by atoms with Gasteiger partial charge >= 0.3 is 0 Å². The van der Waals surface area contributed by atoms with Gasteiger partial charge in [0.1, 0.15) is 0 Å². The molecule has 1 aliphatic rings. The molecule has 6 nitrogen and oxygen atoms in total. The summed E-state index contributed by atoms with van der Waals surface area (Å²) in [6, 6.07) is 7.33. The van der Waals surface area contributed by atoms with Crippen LogP contribution in [0.2, 0.25) is 0 Å². The second-order valence-corrected chi connectivity index (χ2v) is 7.74. The predicted octanol–water partition coefficient (Wildman–Crippen LogP) is 3.03. The van der Waals surface area contributed by atoms with Crippen molar-refractivity contribution in [1.29, 1.82) is 0 Å². The molecule has 7 heteroatoms.